The van der Waals surface area contributed by atoms with Gasteiger partial charge in [-0.2, -0.15) is 0 Å². The number of carboxylic acids is 1. The van der Waals surface area contributed by atoms with Gasteiger partial charge >= 0.3 is 5.97 Å². The van der Waals surface area contributed by atoms with Crippen LogP contribution in [0.2, 0.25) is 0 Å². The molecule has 152 valence electrons. The summed E-state index contributed by atoms with van der Waals surface area (Å²) in [7, 11) is 1.52. The molecule has 0 saturated heterocycles. The minimum atomic E-state index is -0.868. The maximum atomic E-state index is 12.7. The van der Waals surface area contributed by atoms with Crippen molar-refractivity contribution in [3.63, 3.8) is 0 Å². The Kier molecular flexibility index (Phi) is 6.67. The molecule has 29 heavy (non-hydrogen) atoms. The van der Waals surface area contributed by atoms with Crippen LogP contribution in [0.4, 0.5) is 11.4 Å². The van der Waals surface area contributed by atoms with Crippen LogP contribution in [-0.4, -0.2) is 43.1 Å². The number of ether oxygens (including phenoxy) is 1. The second-order valence-corrected chi connectivity index (χ2v) is 6.59. The summed E-state index contributed by atoms with van der Waals surface area (Å²) in [4.78, 5) is 27.8. The average molecular weight is 396 g/mol. The first-order valence-electron chi connectivity index (χ1n) is 9.40. The van der Waals surface area contributed by atoms with Crippen molar-refractivity contribution in [2.45, 2.75) is 19.3 Å². The lowest BCUT2D eigenvalue weighted by Gasteiger charge is -2.16. The number of aliphatic imine (C=N–C) groups is 1. The second kappa shape index (κ2) is 9.59. The Morgan fingerprint density at radius 1 is 1.21 bits per heavy atom. The summed E-state index contributed by atoms with van der Waals surface area (Å²) in [5.74, 6) is 0.121. The van der Waals surface area contributed by atoms with Crippen LogP contribution in [0, 0.1) is 0 Å². The molecular formula is C21H24N4O4. The zero-order valence-corrected chi connectivity index (χ0v) is 16.2. The molecule has 8 nitrogen and oxygen atoms in total. The Morgan fingerprint density at radius 3 is 2.79 bits per heavy atom. The van der Waals surface area contributed by atoms with Gasteiger partial charge in [-0.1, -0.05) is 12.1 Å². The molecule has 0 spiro atoms. The molecule has 0 bridgehead atoms. The Morgan fingerprint density at radius 2 is 2.07 bits per heavy atom. The van der Waals surface area contributed by atoms with Crippen LogP contribution in [0.25, 0.3) is 0 Å². The Balaban J connectivity index is 1.68. The fourth-order valence-electron chi connectivity index (χ4n) is 2.96. The van der Waals surface area contributed by atoms with Gasteiger partial charge in [0.25, 0.3) is 5.91 Å². The maximum absolute atomic E-state index is 12.7. The number of carbonyl (C=O) groups is 2. The molecule has 0 fully saturated rings. The van der Waals surface area contributed by atoms with Crippen molar-refractivity contribution in [3.8, 4) is 5.75 Å². The van der Waals surface area contributed by atoms with Gasteiger partial charge in [0.1, 0.15) is 5.75 Å². The number of amides is 1. The lowest BCUT2D eigenvalue weighted by Crippen LogP contribution is -2.35. The molecule has 0 aliphatic carbocycles. The number of guanidine groups is 1. The molecule has 0 aromatic heterocycles. The Bertz CT molecular complexity index is 927. The Labute approximate surface area is 169 Å². The van der Waals surface area contributed by atoms with E-state index < -0.39 is 5.97 Å². The first-order valence-corrected chi connectivity index (χ1v) is 9.40. The van der Waals surface area contributed by atoms with Crippen LogP contribution in [-0.2, 0) is 11.2 Å². The van der Waals surface area contributed by atoms with Crippen molar-refractivity contribution in [3.05, 3.63) is 53.6 Å². The van der Waals surface area contributed by atoms with Gasteiger partial charge in [0.05, 0.1) is 7.11 Å². The fourth-order valence-corrected chi connectivity index (χ4v) is 2.96. The number of hydrogen-bond acceptors (Lipinski definition) is 6. The first-order chi connectivity index (χ1) is 14.0. The van der Waals surface area contributed by atoms with Gasteiger partial charge in [0.15, 0.2) is 5.96 Å². The molecule has 2 aromatic rings. The van der Waals surface area contributed by atoms with E-state index in [-0.39, 0.29) is 12.3 Å². The highest BCUT2D eigenvalue weighted by Crippen LogP contribution is 2.25. The average Bonchev–Trinajstić information content (AvgIpc) is 2.73. The largest absolute Gasteiger partial charge is 0.496 e. The van der Waals surface area contributed by atoms with E-state index in [1.165, 1.54) is 7.11 Å². The van der Waals surface area contributed by atoms with E-state index in [1.807, 2.05) is 6.07 Å². The summed E-state index contributed by atoms with van der Waals surface area (Å²) >= 11 is 0. The van der Waals surface area contributed by atoms with Gasteiger partial charge in [-0.05, 0) is 42.7 Å². The molecule has 2 aromatic carbocycles. The summed E-state index contributed by atoms with van der Waals surface area (Å²) in [6.07, 6.45) is 1.38. The van der Waals surface area contributed by atoms with Gasteiger partial charge in [-0.15, -0.1) is 0 Å². The third-order valence-corrected chi connectivity index (χ3v) is 4.44. The van der Waals surface area contributed by atoms with E-state index in [0.717, 1.165) is 30.8 Å². The molecular weight excluding hydrogens is 372 g/mol. The molecule has 4 N–H and O–H groups in total. The monoisotopic (exact) mass is 396 g/mol. The molecule has 0 radical (unpaired) electrons. The van der Waals surface area contributed by atoms with Crippen molar-refractivity contribution in [2.75, 3.05) is 30.8 Å². The summed E-state index contributed by atoms with van der Waals surface area (Å²) in [5.41, 5.74) is 2.62. The number of anilines is 2. The van der Waals surface area contributed by atoms with E-state index in [1.54, 1.807) is 36.4 Å². The maximum Gasteiger partial charge on any atom is 0.303 e. The Hall–Kier alpha value is -3.55. The number of methoxy groups -OCH3 is 1. The molecule has 1 aliphatic heterocycles. The van der Waals surface area contributed by atoms with Gasteiger partial charge in [0.2, 0.25) is 0 Å². The third-order valence-electron chi connectivity index (χ3n) is 4.44. The SMILES string of the molecule is COc1cc(NC(=O)c2cccc(NC3=NCCCN3)c2)ccc1CCC(=O)O. The van der Waals surface area contributed by atoms with Crippen LogP contribution in [0.15, 0.2) is 47.5 Å². The number of carboxylic acid groups (broad SMARTS) is 1. The number of benzene rings is 2. The zero-order chi connectivity index (χ0) is 20.6. The van der Waals surface area contributed by atoms with Crippen LogP contribution < -0.4 is 20.7 Å². The van der Waals surface area contributed by atoms with Crippen molar-refractivity contribution in [2.24, 2.45) is 4.99 Å². The minimum Gasteiger partial charge on any atom is -0.496 e. The quantitative estimate of drug-likeness (QED) is 0.573. The predicted octanol–water partition coefficient (Wildman–Crippen LogP) is 2.73. The van der Waals surface area contributed by atoms with E-state index in [0.29, 0.717) is 29.4 Å². The predicted molar refractivity (Wildman–Crippen MR) is 112 cm³/mol. The van der Waals surface area contributed by atoms with Crippen LogP contribution in [0.3, 0.4) is 0 Å². The summed E-state index contributed by atoms with van der Waals surface area (Å²) in [5, 5.41) is 18.1. The number of rotatable bonds is 7. The minimum absolute atomic E-state index is 0.0159. The van der Waals surface area contributed by atoms with E-state index in [2.05, 4.69) is 20.9 Å². The highest BCUT2D eigenvalue weighted by Gasteiger charge is 2.11. The normalized spacial score (nSPS) is 13.1. The summed E-state index contributed by atoms with van der Waals surface area (Å²) < 4.78 is 5.33. The van der Waals surface area contributed by atoms with Crippen LogP contribution in [0.5, 0.6) is 5.75 Å². The number of aryl methyl sites for hydroxylation is 1. The topological polar surface area (TPSA) is 112 Å². The van der Waals surface area contributed by atoms with Crippen LogP contribution >= 0.6 is 0 Å². The molecule has 0 saturated carbocycles. The number of nitrogens with zero attached hydrogens (tertiary/aromatic N) is 1. The van der Waals surface area contributed by atoms with Gasteiger partial charge in [-0.25, -0.2) is 0 Å². The van der Waals surface area contributed by atoms with Crippen molar-refractivity contribution in [1.29, 1.82) is 0 Å². The molecule has 1 aliphatic rings. The number of aliphatic carboxylic acids is 1. The smallest absolute Gasteiger partial charge is 0.303 e. The fraction of sp³-hybridized carbons (Fsp3) is 0.286. The highest BCUT2D eigenvalue weighted by atomic mass is 16.5. The first kappa shape index (κ1) is 20.2. The highest BCUT2D eigenvalue weighted by molar-refractivity contribution is 6.05. The molecule has 0 atom stereocenters. The summed E-state index contributed by atoms with van der Waals surface area (Å²) in [6, 6.07) is 12.4. The molecule has 0 unspecified atom stereocenters. The molecule has 1 amide bonds. The zero-order valence-electron chi connectivity index (χ0n) is 16.2. The second-order valence-electron chi connectivity index (χ2n) is 6.59. The van der Waals surface area contributed by atoms with Crippen molar-refractivity contribution >= 4 is 29.2 Å². The number of carbonyl (C=O) groups excluding carboxylic acids is 1. The van der Waals surface area contributed by atoms with E-state index >= 15 is 0 Å². The van der Waals surface area contributed by atoms with Crippen LogP contribution in [0.1, 0.15) is 28.8 Å². The van der Waals surface area contributed by atoms with Gasteiger partial charge < -0.3 is 25.8 Å². The number of hydrogen-bond donors (Lipinski definition) is 4. The van der Waals surface area contributed by atoms with Crippen molar-refractivity contribution in [1.82, 2.24) is 5.32 Å². The lowest BCUT2D eigenvalue weighted by atomic mass is 10.1. The van der Waals surface area contributed by atoms with Crippen molar-refractivity contribution < 1.29 is 19.4 Å². The van der Waals surface area contributed by atoms with E-state index in [9.17, 15) is 9.59 Å². The molecule has 3 rings (SSSR count). The summed E-state index contributed by atoms with van der Waals surface area (Å²) in [6.45, 7) is 1.65. The molecule has 8 heteroatoms. The third kappa shape index (κ3) is 5.71. The lowest BCUT2D eigenvalue weighted by molar-refractivity contribution is -0.136. The standard InChI is InChI=1S/C21H24N4O4/c1-29-18-13-17(8-6-14(18)7-9-19(26)27)24-20(28)15-4-2-5-16(12-15)25-21-22-10-3-11-23-21/h2,4-6,8,12-13H,3,7,9-11H2,1H3,(H,24,28)(H,26,27)(H2,22,23,25). The van der Waals surface area contributed by atoms with Gasteiger partial charge in [-0.3, -0.25) is 14.6 Å². The molecule has 1 heterocycles. The van der Waals surface area contributed by atoms with E-state index in [4.69, 9.17) is 9.84 Å². The van der Waals surface area contributed by atoms with Gasteiger partial charge in [0, 0.05) is 42.5 Å². The number of nitrogens with one attached hydrogen (secondary N) is 3.